The fourth-order valence-corrected chi connectivity index (χ4v) is 1.38. The zero-order chi connectivity index (χ0) is 9.84. The first-order chi connectivity index (χ1) is 6.22. The highest BCUT2D eigenvalue weighted by atomic mass is 15.3. The van der Waals surface area contributed by atoms with Crippen LogP contribution in [-0.4, -0.2) is 22.9 Å². The molecule has 4 nitrogen and oxygen atoms in total. The van der Waals surface area contributed by atoms with Crippen molar-refractivity contribution < 1.29 is 0 Å². The molecular formula is C9H18N4. The molecule has 0 spiro atoms. The molecule has 0 atom stereocenters. The number of anilines is 1. The van der Waals surface area contributed by atoms with Crippen LogP contribution < -0.4 is 10.6 Å². The van der Waals surface area contributed by atoms with Gasteiger partial charge in [-0.15, -0.1) is 0 Å². The van der Waals surface area contributed by atoms with Gasteiger partial charge in [0.1, 0.15) is 0 Å². The van der Waals surface area contributed by atoms with Gasteiger partial charge in [0.05, 0.1) is 5.69 Å². The van der Waals surface area contributed by atoms with Gasteiger partial charge in [-0.1, -0.05) is 0 Å². The highest BCUT2D eigenvalue weighted by Gasteiger charge is 2.07. The zero-order valence-corrected chi connectivity index (χ0v) is 8.62. The fourth-order valence-electron chi connectivity index (χ4n) is 1.38. The molecule has 0 unspecified atom stereocenters. The number of hydrogen-bond acceptors (Lipinski definition) is 3. The van der Waals surface area contributed by atoms with Gasteiger partial charge in [0, 0.05) is 32.7 Å². The number of nitrogens with two attached hydrogens (primary N) is 1. The summed E-state index contributed by atoms with van der Waals surface area (Å²) in [6.07, 6.45) is 0. The Morgan fingerprint density at radius 3 is 2.46 bits per heavy atom. The van der Waals surface area contributed by atoms with Crippen LogP contribution in [0.4, 0.5) is 5.82 Å². The van der Waals surface area contributed by atoms with Gasteiger partial charge in [-0.3, -0.25) is 4.68 Å². The third-order valence-corrected chi connectivity index (χ3v) is 2.26. The van der Waals surface area contributed by atoms with Crippen molar-refractivity contribution in [2.75, 3.05) is 18.0 Å². The molecule has 1 aromatic rings. The Morgan fingerprint density at radius 2 is 2.08 bits per heavy atom. The Labute approximate surface area is 79.3 Å². The normalized spacial score (nSPS) is 10.5. The smallest absolute Gasteiger partial charge is 0.150 e. The van der Waals surface area contributed by atoms with Gasteiger partial charge < -0.3 is 10.6 Å². The van der Waals surface area contributed by atoms with E-state index >= 15 is 0 Å². The number of rotatable bonds is 4. The standard InChI is InChI=1S/C9H18N4/c1-4-13(5-2)9-6-8(7-10)12(3)11-9/h6H,4-5,7,10H2,1-3H3. The average Bonchev–Trinajstić information content (AvgIpc) is 2.49. The molecule has 0 aliphatic rings. The molecule has 0 amide bonds. The number of aryl methyl sites for hydroxylation is 1. The summed E-state index contributed by atoms with van der Waals surface area (Å²) < 4.78 is 1.84. The molecule has 0 aliphatic carbocycles. The fraction of sp³-hybridized carbons (Fsp3) is 0.667. The van der Waals surface area contributed by atoms with Crippen molar-refractivity contribution in [2.45, 2.75) is 20.4 Å². The molecule has 0 bridgehead atoms. The van der Waals surface area contributed by atoms with E-state index in [1.54, 1.807) is 0 Å². The minimum atomic E-state index is 0.546. The molecule has 1 heterocycles. The minimum Gasteiger partial charge on any atom is -0.356 e. The van der Waals surface area contributed by atoms with Gasteiger partial charge in [0.2, 0.25) is 0 Å². The lowest BCUT2D eigenvalue weighted by Gasteiger charge is -2.16. The first-order valence-electron chi connectivity index (χ1n) is 4.70. The second kappa shape index (κ2) is 4.28. The van der Waals surface area contributed by atoms with Crippen molar-refractivity contribution in [1.82, 2.24) is 9.78 Å². The lowest BCUT2D eigenvalue weighted by Crippen LogP contribution is -2.22. The van der Waals surface area contributed by atoms with Gasteiger partial charge in [0.15, 0.2) is 5.82 Å². The number of nitrogens with zero attached hydrogens (tertiary/aromatic N) is 3. The predicted molar refractivity (Wildman–Crippen MR) is 54.7 cm³/mol. The molecule has 0 saturated heterocycles. The van der Waals surface area contributed by atoms with E-state index in [9.17, 15) is 0 Å². The monoisotopic (exact) mass is 182 g/mol. The number of aromatic nitrogens is 2. The predicted octanol–water partition coefficient (Wildman–Crippen LogP) is 0.725. The van der Waals surface area contributed by atoms with E-state index in [-0.39, 0.29) is 0 Å². The van der Waals surface area contributed by atoms with Crippen molar-refractivity contribution >= 4 is 5.82 Å². The summed E-state index contributed by atoms with van der Waals surface area (Å²) in [4.78, 5) is 2.21. The van der Waals surface area contributed by atoms with E-state index in [2.05, 4.69) is 23.8 Å². The molecule has 0 radical (unpaired) electrons. The third kappa shape index (κ3) is 2.01. The van der Waals surface area contributed by atoms with Crippen LogP contribution in [-0.2, 0) is 13.6 Å². The average molecular weight is 182 g/mol. The van der Waals surface area contributed by atoms with Gasteiger partial charge >= 0.3 is 0 Å². The lowest BCUT2D eigenvalue weighted by molar-refractivity contribution is 0.702. The maximum atomic E-state index is 5.57. The maximum absolute atomic E-state index is 5.57. The highest BCUT2D eigenvalue weighted by molar-refractivity contribution is 5.39. The molecule has 74 valence electrons. The van der Waals surface area contributed by atoms with Crippen LogP contribution in [0.3, 0.4) is 0 Å². The van der Waals surface area contributed by atoms with Crippen molar-refractivity contribution in [3.8, 4) is 0 Å². The van der Waals surface area contributed by atoms with E-state index in [4.69, 9.17) is 5.73 Å². The molecule has 2 N–H and O–H groups in total. The minimum absolute atomic E-state index is 0.546. The molecule has 0 fully saturated rings. The summed E-state index contributed by atoms with van der Waals surface area (Å²) in [5.74, 6) is 1.02. The van der Waals surface area contributed by atoms with Gasteiger partial charge in [0.25, 0.3) is 0 Å². The number of hydrogen-bond donors (Lipinski definition) is 1. The maximum Gasteiger partial charge on any atom is 0.150 e. The van der Waals surface area contributed by atoms with Crippen molar-refractivity contribution in [2.24, 2.45) is 12.8 Å². The van der Waals surface area contributed by atoms with Crippen molar-refractivity contribution in [1.29, 1.82) is 0 Å². The van der Waals surface area contributed by atoms with Crippen LogP contribution in [0.15, 0.2) is 6.07 Å². The topological polar surface area (TPSA) is 47.1 Å². The summed E-state index contributed by atoms with van der Waals surface area (Å²) in [6, 6.07) is 2.05. The molecule has 4 heteroatoms. The lowest BCUT2D eigenvalue weighted by atomic mass is 10.4. The summed E-state index contributed by atoms with van der Waals surface area (Å²) in [5, 5.41) is 4.39. The molecule has 1 aromatic heterocycles. The Bertz CT molecular complexity index is 263. The largest absolute Gasteiger partial charge is 0.356 e. The second-order valence-electron chi connectivity index (χ2n) is 2.99. The zero-order valence-electron chi connectivity index (χ0n) is 8.62. The van der Waals surface area contributed by atoms with Crippen LogP contribution >= 0.6 is 0 Å². The Balaban J connectivity index is 2.88. The van der Waals surface area contributed by atoms with E-state index < -0.39 is 0 Å². The quantitative estimate of drug-likeness (QED) is 0.746. The second-order valence-corrected chi connectivity index (χ2v) is 2.99. The van der Waals surface area contributed by atoms with Crippen LogP contribution in [0.2, 0.25) is 0 Å². The van der Waals surface area contributed by atoms with E-state index in [1.165, 1.54) is 0 Å². The van der Waals surface area contributed by atoms with E-state index in [1.807, 2.05) is 17.8 Å². The van der Waals surface area contributed by atoms with Gasteiger partial charge in [-0.25, -0.2) is 0 Å². The van der Waals surface area contributed by atoms with E-state index in [0.29, 0.717) is 6.54 Å². The summed E-state index contributed by atoms with van der Waals surface area (Å²) in [5.41, 5.74) is 6.64. The first-order valence-corrected chi connectivity index (χ1v) is 4.70. The summed E-state index contributed by atoms with van der Waals surface area (Å²) >= 11 is 0. The van der Waals surface area contributed by atoms with Crippen LogP contribution in [0.25, 0.3) is 0 Å². The van der Waals surface area contributed by atoms with Crippen molar-refractivity contribution in [3.05, 3.63) is 11.8 Å². The summed E-state index contributed by atoms with van der Waals surface area (Å²) in [6.45, 7) is 6.76. The molecule has 0 aliphatic heterocycles. The molecular weight excluding hydrogens is 164 g/mol. The van der Waals surface area contributed by atoms with Gasteiger partial charge in [-0.05, 0) is 13.8 Å². The SMILES string of the molecule is CCN(CC)c1cc(CN)n(C)n1. The Hall–Kier alpha value is -1.03. The molecule has 0 aromatic carbocycles. The van der Waals surface area contributed by atoms with Gasteiger partial charge in [-0.2, -0.15) is 5.10 Å². The van der Waals surface area contributed by atoms with E-state index in [0.717, 1.165) is 24.6 Å². The highest BCUT2D eigenvalue weighted by Crippen LogP contribution is 2.12. The van der Waals surface area contributed by atoms with Crippen molar-refractivity contribution in [3.63, 3.8) is 0 Å². The Morgan fingerprint density at radius 1 is 1.46 bits per heavy atom. The molecule has 13 heavy (non-hydrogen) atoms. The van der Waals surface area contributed by atoms with Crippen LogP contribution in [0.5, 0.6) is 0 Å². The Kier molecular flexibility index (Phi) is 3.31. The summed E-state index contributed by atoms with van der Waals surface area (Å²) in [7, 11) is 1.93. The van der Waals surface area contributed by atoms with Crippen LogP contribution in [0.1, 0.15) is 19.5 Å². The first kappa shape index (κ1) is 10.1. The third-order valence-electron chi connectivity index (χ3n) is 2.26. The molecule has 0 saturated carbocycles. The molecule has 1 rings (SSSR count). The van der Waals surface area contributed by atoms with Crippen LogP contribution in [0, 0.1) is 0 Å².